The van der Waals surface area contributed by atoms with E-state index in [4.69, 9.17) is 4.74 Å². The molecule has 0 bridgehead atoms. The Morgan fingerprint density at radius 2 is 2.10 bits per heavy atom. The van der Waals surface area contributed by atoms with Crippen molar-refractivity contribution in [3.05, 3.63) is 12.4 Å². The van der Waals surface area contributed by atoms with E-state index in [0.29, 0.717) is 25.6 Å². The van der Waals surface area contributed by atoms with Crippen molar-refractivity contribution in [1.82, 2.24) is 19.8 Å². The van der Waals surface area contributed by atoms with E-state index >= 15 is 0 Å². The minimum absolute atomic E-state index is 0.180. The van der Waals surface area contributed by atoms with Crippen LogP contribution in [0.1, 0.15) is 27.2 Å². The maximum absolute atomic E-state index is 12.2. The number of hydrogen-bond donors (Lipinski definition) is 2. The van der Waals surface area contributed by atoms with E-state index in [2.05, 4.69) is 29.0 Å². The van der Waals surface area contributed by atoms with Crippen molar-refractivity contribution in [1.29, 1.82) is 0 Å². The van der Waals surface area contributed by atoms with Crippen LogP contribution in [0.5, 0.6) is 0 Å². The zero-order valence-electron chi connectivity index (χ0n) is 13.2. The second-order valence-electron chi connectivity index (χ2n) is 5.35. The summed E-state index contributed by atoms with van der Waals surface area (Å²) in [4.78, 5) is 0.191. The monoisotopic (exact) mass is 318 g/mol. The van der Waals surface area contributed by atoms with Gasteiger partial charge in [-0.25, -0.2) is 13.1 Å². The summed E-state index contributed by atoms with van der Waals surface area (Å²) >= 11 is 0. The van der Waals surface area contributed by atoms with Crippen molar-refractivity contribution < 1.29 is 13.2 Å². The van der Waals surface area contributed by atoms with Crippen LogP contribution in [0.15, 0.2) is 17.3 Å². The summed E-state index contributed by atoms with van der Waals surface area (Å²) < 4.78 is 33.5. The molecule has 0 aromatic carbocycles. The first-order valence-electron chi connectivity index (χ1n) is 7.12. The average Bonchev–Trinajstić information content (AvgIpc) is 2.85. The van der Waals surface area contributed by atoms with E-state index in [0.717, 1.165) is 6.54 Å². The number of ether oxygens (including phenoxy) is 1. The highest BCUT2D eigenvalue weighted by atomic mass is 32.2. The number of rotatable bonds is 10. The molecular formula is C13H26N4O3S. The molecule has 0 saturated carbocycles. The molecule has 0 saturated heterocycles. The SMILES string of the molecule is COCCC(C)NS(=O)(=O)c1cnn(CCNC(C)C)c1. The van der Waals surface area contributed by atoms with Gasteiger partial charge in [-0.3, -0.25) is 4.68 Å². The van der Waals surface area contributed by atoms with Gasteiger partial charge in [0.2, 0.25) is 10.0 Å². The molecule has 0 amide bonds. The van der Waals surface area contributed by atoms with Crippen LogP contribution in [0.4, 0.5) is 0 Å². The van der Waals surface area contributed by atoms with E-state index in [1.807, 2.05) is 6.92 Å². The van der Waals surface area contributed by atoms with Crippen molar-refractivity contribution in [3.63, 3.8) is 0 Å². The lowest BCUT2D eigenvalue weighted by Crippen LogP contribution is -2.33. The van der Waals surface area contributed by atoms with Crippen molar-refractivity contribution in [2.45, 2.75) is 50.7 Å². The molecule has 0 aliphatic heterocycles. The van der Waals surface area contributed by atoms with Crippen LogP contribution in [-0.2, 0) is 21.3 Å². The molecule has 0 spiro atoms. The van der Waals surface area contributed by atoms with Gasteiger partial charge in [0.25, 0.3) is 0 Å². The second kappa shape index (κ2) is 8.47. The van der Waals surface area contributed by atoms with Gasteiger partial charge in [0.15, 0.2) is 0 Å². The number of methoxy groups -OCH3 is 1. The predicted octanol–water partition coefficient (Wildman–Crippen LogP) is 0.584. The first-order chi connectivity index (χ1) is 9.85. The van der Waals surface area contributed by atoms with Crippen LogP contribution >= 0.6 is 0 Å². The maximum Gasteiger partial charge on any atom is 0.243 e. The van der Waals surface area contributed by atoms with Crippen LogP contribution < -0.4 is 10.0 Å². The fraction of sp³-hybridized carbons (Fsp3) is 0.769. The lowest BCUT2D eigenvalue weighted by Gasteiger charge is -2.12. The molecule has 1 aromatic heterocycles. The van der Waals surface area contributed by atoms with Gasteiger partial charge in [-0.2, -0.15) is 5.10 Å². The molecule has 1 rings (SSSR count). The summed E-state index contributed by atoms with van der Waals surface area (Å²) in [5, 5.41) is 7.34. The van der Waals surface area contributed by atoms with E-state index in [1.54, 1.807) is 18.0 Å². The minimum Gasteiger partial charge on any atom is -0.385 e. The fourth-order valence-electron chi connectivity index (χ4n) is 1.76. The summed E-state index contributed by atoms with van der Waals surface area (Å²) in [5.74, 6) is 0. The summed E-state index contributed by atoms with van der Waals surface area (Å²) in [7, 11) is -1.93. The molecule has 1 atom stereocenters. The summed E-state index contributed by atoms with van der Waals surface area (Å²) in [5.41, 5.74) is 0. The van der Waals surface area contributed by atoms with E-state index in [1.165, 1.54) is 6.20 Å². The van der Waals surface area contributed by atoms with Gasteiger partial charge in [-0.15, -0.1) is 0 Å². The van der Waals surface area contributed by atoms with Crippen LogP contribution in [0.3, 0.4) is 0 Å². The Morgan fingerprint density at radius 1 is 1.38 bits per heavy atom. The first-order valence-corrected chi connectivity index (χ1v) is 8.60. The van der Waals surface area contributed by atoms with Crippen LogP contribution in [-0.4, -0.2) is 50.5 Å². The molecule has 122 valence electrons. The molecule has 0 fully saturated rings. The zero-order chi connectivity index (χ0) is 15.9. The molecule has 2 N–H and O–H groups in total. The molecule has 1 unspecified atom stereocenters. The van der Waals surface area contributed by atoms with Crippen molar-refractivity contribution in [2.75, 3.05) is 20.3 Å². The standard InChI is InChI=1S/C13H26N4O3S/c1-11(2)14-6-7-17-10-13(9-15-17)21(18,19)16-12(3)5-8-20-4/h9-12,14,16H,5-8H2,1-4H3. The average molecular weight is 318 g/mol. The highest BCUT2D eigenvalue weighted by molar-refractivity contribution is 7.89. The molecule has 1 heterocycles. The first kappa shape index (κ1) is 18.1. The third-order valence-corrected chi connectivity index (χ3v) is 4.47. The largest absolute Gasteiger partial charge is 0.385 e. The Balaban J connectivity index is 2.57. The van der Waals surface area contributed by atoms with Gasteiger partial charge in [0, 0.05) is 38.5 Å². The number of aromatic nitrogens is 2. The second-order valence-corrected chi connectivity index (χ2v) is 7.07. The molecule has 8 heteroatoms. The lowest BCUT2D eigenvalue weighted by molar-refractivity contribution is 0.188. The van der Waals surface area contributed by atoms with Crippen LogP contribution in [0, 0.1) is 0 Å². The van der Waals surface area contributed by atoms with Gasteiger partial charge in [0.05, 0.1) is 12.7 Å². The van der Waals surface area contributed by atoms with Crippen molar-refractivity contribution in [2.24, 2.45) is 0 Å². The summed E-state index contributed by atoms with van der Waals surface area (Å²) in [6.07, 6.45) is 3.55. The van der Waals surface area contributed by atoms with Gasteiger partial charge in [-0.1, -0.05) is 13.8 Å². The third-order valence-electron chi connectivity index (χ3n) is 2.92. The molecule has 0 aliphatic rings. The third kappa shape index (κ3) is 6.56. The Hall–Kier alpha value is -0.960. The van der Waals surface area contributed by atoms with Gasteiger partial charge in [-0.05, 0) is 13.3 Å². The Morgan fingerprint density at radius 3 is 2.71 bits per heavy atom. The Labute approximate surface area is 127 Å². The van der Waals surface area contributed by atoms with Crippen molar-refractivity contribution in [3.8, 4) is 0 Å². The van der Waals surface area contributed by atoms with E-state index in [9.17, 15) is 8.42 Å². The molecular weight excluding hydrogens is 292 g/mol. The highest BCUT2D eigenvalue weighted by Crippen LogP contribution is 2.08. The van der Waals surface area contributed by atoms with Crippen LogP contribution in [0.25, 0.3) is 0 Å². The maximum atomic E-state index is 12.2. The quantitative estimate of drug-likeness (QED) is 0.659. The van der Waals surface area contributed by atoms with Crippen LogP contribution in [0.2, 0.25) is 0 Å². The topological polar surface area (TPSA) is 85.2 Å². The Bertz CT molecular complexity index is 513. The van der Waals surface area contributed by atoms with Gasteiger partial charge >= 0.3 is 0 Å². The van der Waals surface area contributed by atoms with Gasteiger partial charge in [0.1, 0.15) is 4.90 Å². The molecule has 7 nitrogen and oxygen atoms in total. The van der Waals surface area contributed by atoms with Crippen molar-refractivity contribution >= 4 is 10.0 Å². The molecule has 1 aromatic rings. The normalized spacial score (nSPS) is 13.8. The van der Waals surface area contributed by atoms with E-state index < -0.39 is 10.0 Å². The number of nitrogens with zero attached hydrogens (tertiary/aromatic N) is 2. The molecule has 21 heavy (non-hydrogen) atoms. The number of sulfonamides is 1. The minimum atomic E-state index is -3.52. The summed E-state index contributed by atoms with van der Waals surface area (Å²) in [6, 6.07) is 0.216. The zero-order valence-corrected chi connectivity index (χ0v) is 14.0. The highest BCUT2D eigenvalue weighted by Gasteiger charge is 2.19. The number of hydrogen-bond acceptors (Lipinski definition) is 5. The number of nitrogens with one attached hydrogen (secondary N) is 2. The Kier molecular flexibility index (Phi) is 7.30. The smallest absolute Gasteiger partial charge is 0.243 e. The predicted molar refractivity (Wildman–Crippen MR) is 81.6 cm³/mol. The fourth-order valence-corrected chi connectivity index (χ4v) is 2.99. The molecule has 0 aliphatic carbocycles. The lowest BCUT2D eigenvalue weighted by atomic mass is 10.3. The molecule has 0 radical (unpaired) electrons. The van der Waals surface area contributed by atoms with Gasteiger partial charge < -0.3 is 10.1 Å². The summed E-state index contributed by atoms with van der Waals surface area (Å²) in [6.45, 7) is 7.83. The van der Waals surface area contributed by atoms with E-state index in [-0.39, 0.29) is 10.9 Å².